The Balaban J connectivity index is 1.52. The summed E-state index contributed by atoms with van der Waals surface area (Å²) in [5.41, 5.74) is 1.56. The van der Waals surface area contributed by atoms with Crippen molar-refractivity contribution in [2.24, 2.45) is 5.92 Å². The van der Waals surface area contributed by atoms with Gasteiger partial charge in [-0.15, -0.1) is 23.1 Å². The lowest BCUT2D eigenvalue weighted by atomic mass is 9.95. The lowest BCUT2D eigenvalue weighted by Gasteiger charge is -2.33. The second-order valence-electron chi connectivity index (χ2n) is 6.17. The van der Waals surface area contributed by atoms with E-state index in [4.69, 9.17) is 0 Å². The predicted octanol–water partition coefficient (Wildman–Crippen LogP) is 4.00. The topological polar surface area (TPSA) is 15.3 Å². The van der Waals surface area contributed by atoms with Gasteiger partial charge in [-0.25, -0.2) is 0 Å². The van der Waals surface area contributed by atoms with Gasteiger partial charge in [0, 0.05) is 11.3 Å². The van der Waals surface area contributed by atoms with Gasteiger partial charge in [-0.1, -0.05) is 13.8 Å². The van der Waals surface area contributed by atoms with E-state index in [1.165, 1.54) is 45.4 Å². The molecule has 1 fully saturated rings. The highest BCUT2D eigenvalue weighted by molar-refractivity contribution is 8.01. The molecule has 1 saturated heterocycles. The first-order valence-corrected chi connectivity index (χ1v) is 9.72. The van der Waals surface area contributed by atoms with E-state index in [-0.39, 0.29) is 0 Å². The molecular weight excluding hydrogens is 284 g/mol. The number of likely N-dealkylation sites (tertiary alicyclic amines) is 1. The van der Waals surface area contributed by atoms with Crippen LogP contribution in [0, 0.1) is 5.92 Å². The minimum Gasteiger partial charge on any atom is -0.310 e. The van der Waals surface area contributed by atoms with Crippen molar-refractivity contribution in [2.75, 3.05) is 26.2 Å². The minimum atomic E-state index is 0.594. The Kier molecular flexibility index (Phi) is 5.08. The van der Waals surface area contributed by atoms with Crippen molar-refractivity contribution in [2.45, 2.75) is 48.6 Å². The normalized spacial score (nSPS) is 28.5. The fraction of sp³-hybridized carbons (Fsp3) is 0.750. The fourth-order valence-electron chi connectivity index (χ4n) is 3.36. The molecule has 3 rings (SSSR count). The first kappa shape index (κ1) is 14.9. The van der Waals surface area contributed by atoms with Crippen molar-refractivity contribution < 1.29 is 0 Å². The average Bonchev–Trinajstić information content (AvgIpc) is 2.93. The van der Waals surface area contributed by atoms with Gasteiger partial charge < -0.3 is 10.2 Å². The van der Waals surface area contributed by atoms with Crippen LogP contribution >= 0.6 is 23.1 Å². The zero-order valence-corrected chi connectivity index (χ0v) is 14.2. The minimum absolute atomic E-state index is 0.594. The Bertz CT molecular complexity index is 424. The molecule has 0 radical (unpaired) electrons. The predicted molar refractivity (Wildman–Crippen MR) is 89.8 cm³/mol. The molecule has 1 unspecified atom stereocenters. The van der Waals surface area contributed by atoms with E-state index in [1.54, 1.807) is 9.77 Å². The van der Waals surface area contributed by atoms with Gasteiger partial charge in [-0.3, -0.25) is 0 Å². The molecule has 0 spiro atoms. The van der Waals surface area contributed by atoms with E-state index >= 15 is 0 Å². The van der Waals surface area contributed by atoms with Crippen molar-refractivity contribution in [1.29, 1.82) is 0 Å². The SMILES string of the molecule is CCN1CCC(CNC2C[C@H](C)Sc3sccc32)CC1. The Morgan fingerprint density at radius 2 is 2.15 bits per heavy atom. The zero-order chi connectivity index (χ0) is 13.9. The standard InChI is InChI=1S/C16H26N2S2/c1-3-18-7-4-13(5-8-18)11-17-15-10-12(2)20-16-14(15)6-9-19-16/h6,9,12-13,15,17H,3-5,7-8,10-11H2,1-2H3/t12-,15?/m0/s1. The van der Waals surface area contributed by atoms with Gasteiger partial charge in [-0.2, -0.15) is 0 Å². The van der Waals surface area contributed by atoms with Crippen molar-refractivity contribution in [3.63, 3.8) is 0 Å². The number of thioether (sulfide) groups is 1. The summed E-state index contributed by atoms with van der Waals surface area (Å²) in [4.78, 5) is 2.58. The molecule has 2 aliphatic rings. The third-order valence-electron chi connectivity index (χ3n) is 4.72. The Labute approximate surface area is 131 Å². The van der Waals surface area contributed by atoms with Crippen LogP contribution in [0.2, 0.25) is 0 Å². The van der Waals surface area contributed by atoms with Gasteiger partial charge in [0.25, 0.3) is 0 Å². The van der Waals surface area contributed by atoms with Crippen LogP contribution in [0.5, 0.6) is 0 Å². The Morgan fingerprint density at radius 3 is 2.90 bits per heavy atom. The van der Waals surface area contributed by atoms with Crippen LogP contribution in [-0.4, -0.2) is 36.3 Å². The Morgan fingerprint density at radius 1 is 1.35 bits per heavy atom. The summed E-state index contributed by atoms with van der Waals surface area (Å²) >= 11 is 3.97. The van der Waals surface area contributed by atoms with E-state index in [9.17, 15) is 0 Å². The number of piperidine rings is 1. The van der Waals surface area contributed by atoms with Crippen LogP contribution in [0.15, 0.2) is 15.7 Å². The smallest absolute Gasteiger partial charge is 0.0649 e. The second-order valence-corrected chi connectivity index (χ2v) is 8.79. The molecule has 2 atom stereocenters. The molecule has 3 heterocycles. The first-order valence-electron chi connectivity index (χ1n) is 7.96. The molecule has 112 valence electrons. The molecule has 0 aromatic carbocycles. The highest BCUT2D eigenvalue weighted by Crippen LogP contribution is 2.43. The maximum absolute atomic E-state index is 3.87. The summed E-state index contributed by atoms with van der Waals surface area (Å²) in [6.07, 6.45) is 4.02. The molecular formula is C16H26N2S2. The monoisotopic (exact) mass is 310 g/mol. The molecule has 0 saturated carbocycles. The van der Waals surface area contributed by atoms with Crippen LogP contribution in [-0.2, 0) is 0 Å². The van der Waals surface area contributed by atoms with Gasteiger partial charge >= 0.3 is 0 Å². The van der Waals surface area contributed by atoms with E-state index in [0.717, 1.165) is 11.2 Å². The van der Waals surface area contributed by atoms with Gasteiger partial charge in [0.2, 0.25) is 0 Å². The van der Waals surface area contributed by atoms with Gasteiger partial charge in [0.05, 0.1) is 4.21 Å². The van der Waals surface area contributed by atoms with Gasteiger partial charge in [-0.05, 0) is 68.4 Å². The van der Waals surface area contributed by atoms with Crippen molar-refractivity contribution >= 4 is 23.1 Å². The third-order valence-corrected chi connectivity index (χ3v) is 7.06. The molecule has 1 N–H and O–H groups in total. The highest BCUT2D eigenvalue weighted by Gasteiger charge is 2.27. The Hall–Kier alpha value is -0.0300. The highest BCUT2D eigenvalue weighted by atomic mass is 32.2. The fourth-order valence-corrected chi connectivity index (χ4v) is 5.93. The molecule has 20 heavy (non-hydrogen) atoms. The number of rotatable bonds is 4. The summed E-state index contributed by atoms with van der Waals surface area (Å²) < 4.78 is 1.54. The number of fused-ring (bicyclic) bond motifs is 1. The quantitative estimate of drug-likeness (QED) is 0.905. The summed E-state index contributed by atoms with van der Waals surface area (Å²) in [5.74, 6) is 0.879. The maximum atomic E-state index is 3.87. The maximum Gasteiger partial charge on any atom is 0.0649 e. The van der Waals surface area contributed by atoms with Crippen LogP contribution in [0.4, 0.5) is 0 Å². The largest absolute Gasteiger partial charge is 0.310 e. The van der Waals surface area contributed by atoms with Crippen molar-refractivity contribution in [1.82, 2.24) is 10.2 Å². The molecule has 0 aliphatic carbocycles. The first-order chi connectivity index (χ1) is 9.76. The van der Waals surface area contributed by atoms with Crippen molar-refractivity contribution in [3.05, 3.63) is 17.0 Å². The van der Waals surface area contributed by atoms with Gasteiger partial charge in [0.1, 0.15) is 0 Å². The summed E-state index contributed by atoms with van der Waals surface area (Å²) in [6, 6.07) is 2.92. The third kappa shape index (κ3) is 3.41. The molecule has 1 aromatic rings. The van der Waals surface area contributed by atoms with Crippen LogP contribution in [0.1, 0.15) is 44.7 Å². The number of hydrogen-bond acceptors (Lipinski definition) is 4. The van der Waals surface area contributed by atoms with Crippen LogP contribution in [0.3, 0.4) is 0 Å². The lowest BCUT2D eigenvalue weighted by Crippen LogP contribution is -2.38. The van der Waals surface area contributed by atoms with E-state index in [2.05, 4.69) is 47.3 Å². The van der Waals surface area contributed by atoms with E-state index in [0.29, 0.717) is 6.04 Å². The number of thiophene rings is 1. The molecule has 0 bridgehead atoms. The van der Waals surface area contributed by atoms with Crippen LogP contribution < -0.4 is 5.32 Å². The molecule has 1 aromatic heterocycles. The second kappa shape index (κ2) is 6.82. The average molecular weight is 311 g/mol. The molecule has 0 amide bonds. The number of nitrogens with one attached hydrogen (secondary N) is 1. The zero-order valence-electron chi connectivity index (χ0n) is 12.6. The lowest BCUT2D eigenvalue weighted by molar-refractivity contribution is 0.187. The van der Waals surface area contributed by atoms with E-state index < -0.39 is 0 Å². The molecule has 4 heteroatoms. The van der Waals surface area contributed by atoms with Crippen LogP contribution in [0.25, 0.3) is 0 Å². The summed E-state index contributed by atoms with van der Waals surface area (Å²) in [7, 11) is 0. The summed E-state index contributed by atoms with van der Waals surface area (Å²) in [5, 5.41) is 6.88. The van der Waals surface area contributed by atoms with Gasteiger partial charge in [0.15, 0.2) is 0 Å². The van der Waals surface area contributed by atoms with E-state index in [1.807, 2.05) is 11.3 Å². The number of hydrogen-bond donors (Lipinski definition) is 1. The number of nitrogens with zero attached hydrogens (tertiary/aromatic N) is 1. The molecule has 2 aliphatic heterocycles. The van der Waals surface area contributed by atoms with Crippen molar-refractivity contribution in [3.8, 4) is 0 Å². The summed E-state index contributed by atoms with van der Waals surface area (Å²) in [6.45, 7) is 9.65. The molecule has 2 nitrogen and oxygen atoms in total.